The summed E-state index contributed by atoms with van der Waals surface area (Å²) < 4.78 is 12.7. The predicted octanol–water partition coefficient (Wildman–Crippen LogP) is 5.50. The van der Waals surface area contributed by atoms with E-state index in [9.17, 15) is 4.79 Å². The standard InChI is InChI=1S/C25H21Cl2N5O3S/c1-34-21-12-11-16(13-22(21)35-2)24-30-31-25(32(24)17-7-4-3-5-8-17)36-15-23(33)29-28-14-18-19(26)9-6-10-20(18)27/h3-14H,15H2,1-2H3,(H,29,33)/b28-14-. The van der Waals surface area contributed by atoms with E-state index < -0.39 is 0 Å². The second-order valence-electron chi connectivity index (χ2n) is 7.26. The number of amides is 1. The summed E-state index contributed by atoms with van der Waals surface area (Å²) in [6, 6.07) is 20.3. The Bertz CT molecular complexity index is 1380. The van der Waals surface area contributed by atoms with Gasteiger partial charge in [-0.25, -0.2) is 5.43 Å². The third-order valence-corrected chi connectivity index (χ3v) is 6.59. The molecule has 0 bridgehead atoms. The van der Waals surface area contributed by atoms with Crippen molar-refractivity contribution in [3.8, 4) is 28.6 Å². The number of thioether (sulfide) groups is 1. The smallest absolute Gasteiger partial charge is 0.250 e. The number of methoxy groups -OCH3 is 2. The Kier molecular flexibility index (Phi) is 8.48. The molecule has 36 heavy (non-hydrogen) atoms. The summed E-state index contributed by atoms with van der Waals surface area (Å²) in [5, 5.41) is 14.1. The third kappa shape index (κ3) is 5.81. The lowest BCUT2D eigenvalue weighted by atomic mass is 10.2. The molecule has 3 aromatic carbocycles. The van der Waals surface area contributed by atoms with Gasteiger partial charge in [0.1, 0.15) is 0 Å². The van der Waals surface area contributed by atoms with Crippen LogP contribution in [0.15, 0.2) is 77.0 Å². The lowest BCUT2D eigenvalue weighted by Gasteiger charge is -2.12. The number of carbonyl (C=O) groups is 1. The maximum absolute atomic E-state index is 12.5. The molecular formula is C25H21Cl2N5O3S. The molecule has 184 valence electrons. The number of ether oxygens (including phenoxy) is 2. The number of nitrogens with zero attached hydrogens (tertiary/aromatic N) is 4. The summed E-state index contributed by atoms with van der Waals surface area (Å²) in [7, 11) is 3.16. The topological polar surface area (TPSA) is 90.6 Å². The molecule has 4 rings (SSSR count). The minimum Gasteiger partial charge on any atom is -0.493 e. The first-order chi connectivity index (χ1) is 17.5. The van der Waals surface area contributed by atoms with Crippen LogP contribution in [0.1, 0.15) is 5.56 Å². The van der Waals surface area contributed by atoms with Gasteiger partial charge in [0.15, 0.2) is 22.5 Å². The number of rotatable bonds is 9. The van der Waals surface area contributed by atoms with E-state index in [-0.39, 0.29) is 11.7 Å². The van der Waals surface area contributed by atoms with Gasteiger partial charge in [-0.1, -0.05) is 59.2 Å². The molecule has 0 atom stereocenters. The van der Waals surface area contributed by atoms with Crippen molar-refractivity contribution in [2.24, 2.45) is 5.10 Å². The number of hydrogen-bond acceptors (Lipinski definition) is 7. The fourth-order valence-corrected chi connectivity index (χ4v) is 4.54. The lowest BCUT2D eigenvalue weighted by Crippen LogP contribution is -2.20. The van der Waals surface area contributed by atoms with E-state index in [4.69, 9.17) is 32.7 Å². The van der Waals surface area contributed by atoms with Gasteiger partial charge >= 0.3 is 0 Å². The highest BCUT2D eigenvalue weighted by Crippen LogP contribution is 2.34. The van der Waals surface area contributed by atoms with Gasteiger partial charge < -0.3 is 9.47 Å². The number of carbonyl (C=O) groups excluding carboxylic acids is 1. The Morgan fingerprint density at radius 1 is 1.00 bits per heavy atom. The number of aromatic nitrogens is 3. The van der Waals surface area contributed by atoms with Crippen LogP contribution in [-0.4, -0.2) is 46.9 Å². The Balaban J connectivity index is 1.55. The van der Waals surface area contributed by atoms with E-state index in [1.165, 1.54) is 18.0 Å². The molecule has 1 aromatic heterocycles. The van der Waals surface area contributed by atoms with Crippen LogP contribution in [0.4, 0.5) is 0 Å². The number of para-hydroxylation sites is 1. The highest BCUT2D eigenvalue weighted by molar-refractivity contribution is 7.99. The second-order valence-corrected chi connectivity index (χ2v) is 9.02. The highest BCUT2D eigenvalue weighted by Gasteiger charge is 2.18. The zero-order chi connectivity index (χ0) is 25.5. The maximum atomic E-state index is 12.5. The Morgan fingerprint density at radius 3 is 2.42 bits per heavy atom. The third-order valence-electron chi connectivity index (χ3n) is 5.00. The Hall–Kier alpha value is -3.53. The van der Waals surface area contributed by atoms with Crippen molar-refractivity contribution in [2.45, 2.75) is 5.16 Å². The zero-order valence-electron chi connectivity index (χ0n) is 19.3. The van der Waals surface area contributed by atoms with Crippen molar-refractivity contribution in [3.05, 3.63) is 82.3 Å². The number of benzene rings is 3. The van der Waals surface area contributed by atoms with Crippen LogP contribution < -0.4 is 14.9 Å². The molecule has 0 saturated carbocycles. The van der Waals surface area contributed by atoms with E-state index in [1.54, 1.807) is 32.4 Å². The maximum Gasteiger partial charge on any atom is 0.250 e. The molecule has 1 amide bonds. The first-order valence-electron chi connectivity index (χ1n) is 10.6. The van der Waals surface area contributed by atoms with Crippen molar-refractivity contribution in [1.29, 1.82) is 0 Å². The average Bonchev–Trinajstić information content (AvgIpc) is 3.33. The predicted molar refractivity (Wildman–Crippen MR) is 143 cm³/mol. The minimum absolute atomic E-state index is 0.0600. The molecule has 0 spiro atoms. The van der Waals surface area contributed by atoms with Crippen LogP contribution in [0.2, 0.25) is 10.0 Å². The molecule has 0 saturated heterocycles. The molecule has 1 heterocycles. The molecule has 1 N–H and O–H groups in total. The van der Waals surface area contributed by atoms with Gasteiger partial charge in [-0.05, 0) is 42.5 Å². The van der Waals surface area contributed by atoms with Crippen LogP contribution in [0.3, 0.4) is 0 Å². The van der Waals surface area contributed by atoms with Crippen LogP contribution in [0.5, 0.6) is 11.5 Å². The van der Waals surface area contributed by atoms with E-state index in [0.29, 0.717) is 38.1 Å². The van der Waals surface area contributed by atoms with Crippen molar-refractivity contribution in [3.63, 3.8) is 0 Å². The fraction of sp³-hybridized carbons (Fsp3) is 0.120. The van der Waals surface area contributed by atoms with Gasteiger partial charge in [0.05, 0.1) is 36.2 Å². The van der Waals surface area contributed by atoms with Crippen LogP contribution in [0, 0.1) is 0 Å². The SMILES string of the molecule is COc1ccc(-c2nnc(SCC(=O)N/N=C\c3c(Cl)cccc3Cl)n2-c2ccccc2)cc1OC. The minimum atomic E-state index is -0.324. The average molecular weight is 542 g/mol. The van der Waals surface area contributed by atoms with E-state index in [1.807, 2.05) is 53.1 Å². The van der Waals surface area contributed by atoms with Gasteiger partial charge in [-0.2, -0.15) is 5.10 Å². The number of hydrazone groups is 1. The Morgan fingerprint density at radius 2 is 1.72 bits per heavy atom. The summed E-state index contributed by atoms with van der Waals surface area (Å²) in [5.74, 6) is 1.51. The molecule has 8 nitrogen and oxygen atoms in total. The number of halogens is 2. The molecular weight excluding hydrogens is 521 g/mol. The van der Waals surface area contributed by atoms with Gasteiger partial charge in [-0.3, -0.25) is 9.36 Å². The summed E-state index contributed by atoms with van der Waals surface area (Å²) in [5.41, 5.74) is 4.64. The van der Waals surface area contributed by atoms with E-state index >= 15 is 0 Å². The molecule has 0 radical (unpaired) electrons. The van der Waals surface area contributed by atoms with Crippen molar-refractivity contribution in [1.82, 2.24) is 20.2 Å². The Labute approximate surface area is 222 Å². The summed E-state index contributed by atoms with van der Waals surface area (Å²) in [4.78, 5) is 12.5. The molecule has 0 aliphatic heterocycles. The summed E-state index contributed by atoms with van der Waals surface area (Å²) >= 11 is 13.5. The number of nitrogens with one attached hydrogen (secondary N) is 1. The van der Waals surface area contributed by atoms with Crippen LogP contribution in [0.25, 0.3) is 17.1 Å². The second kappa shape index (κ2) is 11.9. The first kappa shape index (κ1) is 25.6. The first-order valence-corrected chi connectivity index (χ1v) is 12.4. The molecule has 4 aromatic rings. The monoisotopic (exact) mass is 541 g/mol. The summed E-state index contributed by atoms with van der Waals surface area (Å²) in [6.07, 6.45) is 1.41. The van der Waals surface area contributed by atoms with Crippen molar-refractivity contribution >= 4 is 47.1 Å². The lowest BCUT2D eigenvalue weighted by molar-refractivity contribution is -0.118. The normalized spacial score (nSPS) is 11.0. The molecule has 0 aliphatic rings. The molecule has 11 heteroatoms. The summed E-state index contributed by atoms with van der Waals surface area (Å²) in [6.45, 7) is 0. The molecule has 0 fully saturated rings. The molecule has 0 unspecified atom stereocenters. The van der Waals surface area contributed by atoms with Crippen LogP contribution >= 0.6 is 35.0 Å². The quantitative estimate of drug-likeness (QED) is 0.171. The van der Waals surface area contributed by atoms with Crippen molar-refractivity contribution < 1.29 is 14.3 Å². The molecule has 0 aliphatic carbocycles. The van der Waals surface area contributed by atoms with Crippen molar-refractivity contribution in [2.75, 3.05) is 20.0 Å². The number of hydrogen-bond donors (Lipinski definition) is 1. The van der Waals surface area contributed by atoms with Gasteiger partial charge in [0, 0.05) is 16.8 Å². The largest absolute Gasteiger partial charge is 0.493 e. The highest BCUT2D eigenvalue weighted by atomic mass is 35.5. The van der Waals surface area contributed by atoms with E-state index in [2.05, 4.69) is 20.7 Å². The zero-order valence-corrected chi connectivity index (χ0v) is 21.6. The van der Waals surface area contributed by atoms with Crippen LogP contribution in [-0.2, 0) is 4.79 Å². The van der Waals surface area contributed by atoms with Gasteiger partial charge in [-0.15, -0.1) is 10.2 Å². The van der Waals surface area contributed by atoms with E-state index in [0.717, 1.165) is 11.3 Å². The fourth-order valence-electron chi connectivity index (χ4n) is 3.30. The van der Waals surface area contributed by atoms with Gasteiger partial charge in [0.25, 0.3) is 5.91 Å². The van der Waals surface area contributed by atoms with Gasteiger partial charge in [0.2, 0.25) is 0 Å².